The molecule has 1 aliphatic heterocycles. The van der Waals surface area contributed by atoms with Crippen molar-refractivity contribution >= 4 is 16.6 Å². The summed E-state index contributed by atoms with van der Waals surface area (Å²) in [6, 6.07) is 12.5. The van der Waals surface area contributed by atoms with E-state index >= 15 is 0 Å². The Kier molecular flexibility index (Phi) is 5.62. The van der Waals surface area contributed by atoms with Gasteiger partial charge in [-0.05, 0) is 91.7 Å². The Labute approximate surface area is 191 Å². The van der Waals surface area contributed by atoms with Gasteiger partial charge < -0.3 is 10.2 Å². The monoisotopic (exact) mass is 429 g/mol. The molecule has 168 valence electrons. The van der Waals surface area contributed by atoms with Gasteiger partial charge in [0.1, 0.15) is 5.82 Å². The second-order valence-electron chi connectivity index (χ2n) is 11.0. The number of rotatable bonds is 6. The van der Waals surface area contributed by atoms with Crippen LogP contribution in [0.15, 0.2) is 48.8 Å². The third-order valence-electron chi connectivity index (χ3n) is 7.52. The highest BCUT2D eigenvalue weighted by molar-refractivity contribution is 5.85. The van der Waals surface area contributed by atoms with Crippen LogP contribution in [-0.4, -0.2) is 46.3 Å². The molecule has 2 aliphatic rings. The molecule has 0 bridgehead atoms. The summed E-state index contributed by atoms with van der Waals surface area (Å²) in [4.78, 5) is 6.89. The van der Waals surface area contributed by atoms with Gasteiger partial charge in [0.05, 0.1) is 5.69 Å². The molecule has 1 unspecified atom stereocenters. The maximum absolute atomic E-state index is 4.47. The number of aromatic nitrogens is 3. The number of benzene rings is 1. The Morgan fingerprint density at radius 1 is 1.03 bits per heavy atom. The van der Waals surface area contributed by atoms with Gasteiger partial charge in [-0.25, -0.2) is 0 Å². The van der Waals surface area contributed by atoms with Crippen molar-refractivity contribution in [2.75, 3.05) is 31.5 Å². The summed E-state index contributed by atoms with van der Waals surface area (Å²) in [5.74, 6) is 1.66. The summed E-state index contributed by atoms with van der Waals surface area (Å²) in [5.41, 5.74) is 2.98. The van der Waals surface area contributed by atoms with Crippen molar-refractivity contribution in [3.8, 4) is 11.3 Å². The fraction of sp³-hybridized carbons (Fsp3) is 0.519. The first-order valence-electron chi connectivity index (χ1n) is 12.0. The van der Waals surface area contributed by atoms with Crippen molar-refractivity contribution in [2.45, 2.75) is 46.5 Å². The van der Waals surface area contributed by atoms with Gasteiger partial charge in [-0.15, -0.1) is 10.2 Å². The van der Waals surface area contributed by atoms with Gasteiger partial charge in [-0.1, -0.05) is 32.9 Å². The van der Waals surface area contributed by atoms with Crippen LogP contribution in [-0.2, 0) is 0 Å². The Morgan fingerprint density at radius 2 is 1.88 bits per heavy atom. The van der Waals surface area contributed by atoms with E-state index in [1.165, 1.54) is 50.7 Å². The van der Waals surface area contributed by atoms with Crippen molar-refractivity contribution < 1.29 is 0 Å². The van der Waals surface area contributed by atoms with E-state index in [1.54, 1.807) is 0 Å². The zero-order valence-electron chi connectivity index (χ0n) is 19.6. The van der Waals surface area contributed by atoms with Crippen LogP contribution in [0.4, 0.5) is 5.82 Å². The molecule has 1 saturated carbocycles. The predicted molar refractivity (Wildman–Crippen MR) is 132 cm³/mol. The van der Waals surface area contributed by atoms with Crippen LogP contribution in [0.2, 0.25) is 0 Å². The van der Waals surface area contributed by atoms with Gasteiger partial charge in [0.15, 0.2) is 0 Å². The molecule has 1 N–H and O–H groups in total. The highest BCUT2D eigenvalue weighted by atomic mass is 15.2. The third-order valence-corrected chi connectivity index (χ3v) is 7.52. The highest BCUT2D eigenvalue weighted by Gasteiger charge is 2.54. The fourth-order valence-electron chi connectivity index (χ4n) is 5.10. The number of hydrogen-bond acceptors (Lipinski definition) is 5. The smallest absolute Gasteiger partial charge is 0.148 e. The molecular formula is C27H35N5. The lowest BCUT2D eigenvalue weighted by Crippen LogP contribution is -2.37. The molecule has 3 aromatic rings. The van der Waals surface area contributed by atoms with Gasteiger partial charge in [-0.2, -0.15) is 0 Å². The van der Waals surface area contributed by atoms with Crippen molar-refractivity contribution in [2.24, 2.45) is 16.7 Å². The third kappa shape index (κ3) is 4.78. The Balaban J connectivity index is 1.12. The molecule has 5 nitrogen and oxygen atoms in total. The molecule has 1 saturated heterocycles. The number of piperidine rings is 1. The minimum atomic E-state index is 0.434. The van der Waals surface area contributed by atoms with Crippen LogP contribution in [0.5, 0.6) is 0 Å². The predicted octanol–water partition coefficient (Wildman–Crippen LogP) is 5.64. The van der Waals surface area contributed by atoms with E-state index in [-0.39, 0.29) is 0 Å². The number of pyridine rings is 1. The summed E-state index contributed by atoms with van der Waals surface area (Å²) in [6.45, 7) is 11.8. The summed E-state index contributed by atoms with van der Waals surface area (Å²) in [7, 11) is 0. The number of likely N-dealkylation sites (tertiary alicyclic amines) is 1. The molecule has 5 rings (SSSR count). The van der Waals surface area contributed by atoms with Crippen LogP contribution >= 0.6 is 0 Å². The molecule has 2 aromatic heterocycles. The number of hydrogen-bond donors (Lipinski definition) is 1. The van der Waals surface area contributed by atoms with Gasteiger partial charge in [0.2, 0.25) is 0 Å². The molecule has 0 radical (unpaired) electrons. The first kappa shape index (κ1) is 21.3. The summed E-state index contributed by atoms with van der Waals surface area (Å²) in [5, 5.41) is 14.8. The molecule has 1 aromatic carbocycles. The molecule has 5 heteroatoms. The first-order chi connectivity index (χ1) is 15.4. The van der Waals surface area contributed by atoms with Crippen LogP contribution < -0.4 is 5.32 Å². The zero-order valence-corrected chi connectivity index (χ0v) is 19.6. The highest BCUT2D eigenvalue weighted by Crippen LogP contribution is 2.59. The van der Waals surface area contributed by atoms with Crippen molar-refractivity contribution in [3.05, 3.63) is 48.8 Å². The van der Waals surface area contributed by atoms with E-state index in [0.29, 0.717) is 10.8 Å². The average Bonchev–Trinajstić information content (AvgIpc) is 3.48. The van der Waals surface area contributed by atoms with E-state index in [4.69, 9.17) is 0 Å². The Hall–Kier alpha value is -2.53. The van der Waals surface area contributed by atoms with Crippen LogP contribution in [0.1, 0.15) is 46.5 Å². The molecule has 0 amide bonds. The average molecular weight is 430 g/mol. The standard InChI is InChI=1S/C27H35N5/c1-26(2,3)9-13-32-14-10-27(11-15-32)17-23(27)19-29-25-7-6-24(30-31-25)21-5-4-20-8-12-28-18-22(20)16-21/h4-8,12,16,18,23H,9-11,13-15,17,19H2,1-3H3,(H,29,31). The molecule has 1 aliphatic carbocycles. The van der Waals surface area contributed by atoms with Crippen molar-refractivity contribution in [1.82, 2.24) is 20.1 Å². The van der Waals surface area contributed by atoms with Crippen molar-refractivity contribution in [1.29, 1.82) is 0 Å². The second-order valence-corrected chi connectivity index (χ2v) is 11.0. The minimum absolute atomic E-state index is 0.434. The topological polar surface area (TPSA) is 53.9 Å². The molecule has 3 heterocycles. The molecule has 1 spiro atoms. The fourth-order valence-corrected chi connectivity index (χ4v) is 5.10. The first-order valence-corrected chi connectivity index (χ1v) is 12.0. The van der Waals surface area contributed by atoms with Crippen molar-refractivity contribution in [3.63, 3.8) is 0 Å². The summed E-state index contributed by atoms with van der Waals surface area (Å²) >= 11 is 0. The van der Waals surface area contributed by atoms with Crippen LogP contribution in [0.3, 0.4) is 0 Å². The molecular weight excluding hydrogens is 394 g/mol. The van der Waals surface area contributed by atoms with E-state index in [9.17, 15) is 0 Å². The van der Waals surface area contributed by atoms with Gasteiger partial charge >= 0.3 is 0 Å². The zero-order chi connectivity index (χ0) is 22.2. The number of anilines is 1. The van der Waals surface area contributed by atoms with E-state index in [1.807, 2.05) is 18.5 Å². The Morgan fingerprint density at radius 3 is 2.62 bits per heavy atom. The molecule has 32 heavy (non-hydrogen) atoms. The molecule has 1 atom stereocenters. The summed E-state index contributed by atoms with van der Waals surface area (Å²) < 4.78 is 0. The lowest BCUT2D eigenvalue weighted by Gasteiger charge is -2.34. The number of nitrogens with zero attached hydrogens (tertiary/aromatic N) is 4. The molecule has 2 fully saturated rings. The van der Waals surface area contributed by atoms with E-state index in [0.717, 1.165) is 34.9 Å². The normalized spacial score (nSPS) is 20.5. The Bertz CT molecular complexity index is 1060. The minimum Gasteiger partial charge on any atom is -0.368 e. The SMILES string of the molecule is CC(C)(C)CCN1CCC2(CC1)CC2CNc1ccc(-c2ccc3ccncc3c2)nn1. The lowest BCUT2D eigenvalue weighted by atomic mass is 9.88. The maximum Gasteiger partial charge on any atom is 0.148 e. The number of fused-ring (bicyclic) bond motifs is 1. The van der Waals surface area contributed by atoms with Crippen LogP contribution in [0, 0.1) is 16.7 Å². The number of nitrogens with one attached hydrogen (secondary N) is 1. The maximum atomic E-state index is 4.47. The van der Waals surface area contributed by atoms with Crippen LogP contribution in [0.25, 0.3) is 22.0 Å². The lowest BCUT2D eigenvalue weighted by molar-refractivity contribution is 0.147. The van der Waals surface area contributed by atoms with Gasteiger partial charge in [0, 0.05) is 29.9 Å². The quantitative estimate of drug-likeness (QED) is 0.549. The summed E-state index contributed by atoms with van der Waals surface area (Å²) in [6.07, 6.45) is 9.07. The second kappa shape index (κ2) is 8.43. The van der Waals surface area contributed by atoms with Gasteiger partial charge in [0.25, 0.3) is 0 Å². The van der Waals surface area contributed by atoms with E-state index in [2.05, 4.69) is 76.5 Å². The van der Waals surface area contributed by atoms with Gasteiger partial charge in [-0.3, -0.25) is 4.98 Å². The van der Waals surface area contributed by atoms with E-state index < -0.39 is 0 Å². The largest absolute Gasteiger partial charge is 0.368 e.